The smallest absolute Gasteiger partial charge is 0.238 e. The summed E-state index contributed by atoms with van der Waals surface area (Å²) in [5.41, 5.74) is 0.682. The number of nitrogens with one attached hydrogen (secondary N) is 2. The van der Waals surface area contributed by atoms with Gasteiger partial charge in [-0.1, -0.05) is 0 Å². The predicted octanol–water partition coefficient (Wildman–Crippen LogP) is 1.57. The number of ether oxygens (including phenoxy) is 2. The number of nitrogens with zero attached hydrogens (tertiary/aromatic N) is 1. The quantitative estimate of drug-likeness (QED) is 0.798. The first-order valence-corrected chi connectivity index (χ1v) is 8.03. The summed E-state index contributed by atoms with van der Waals surface area (Å²) in [5.74, 6) is 1.95. The first kappa shape index (κ1) is 17.6. The van der Waals surface area contributed by atoms with Gasteiger partial charge in [0.1, 0.15) is 11.5 Å². The molecule has 1 amide bonds. The Morgan fingerprint density at radius 1 is 1.22 bits per heavy atom. The molecular weight excluding hydrogens is 294 g/mol. The summed E-state index contributed by atoms with van der Waals surface area (Å²) in [4.78, 5) is 14.3. The molecule has 0 aromatic heterocycles. The summed E-state index contributed by atoms with van der Waals surface area (Å²) < 4.78 is 10.4. The normalized spacial score (nSPS) is 15.5. The van der Waals surface area contributed by atoms with E-state index in [1.165, 1.54) is 12.8 Å². The summed E-state index contributed by atoms with van der Waals surface area (Å²) >= 11 is 0. The van der Waals surface area contributed by atoms with E-state index in [4.69, 9.17) is 9.47 Å². The number of rotatable bonds is 7. The maximum absolute atomic E-state index is 12.2. The Morgan fingerprint density at radius 3 is 2.39 bits per heavy atom. The number of amides is 1. The van der Waals surface area contributed by atoms with Gasteiger partial charge in [0, 0.05) is 30.4 Å². The minimum absolute atomic E-state index is 0.0308. The molecule has 1 saturated heterocycles. The average molecular weight is 321 g/mol. The highest BCUT2D eigenvalue weighted by molar-refractivity contribution is 5.92. The molecule has 1 aliphatic heterocycles. The number of benzene rings is 1. The van der Waals surface area contributed by atoms with Crippen molar-refractivity contribution in [1.82, 2.24) is 10.2 Å². The Balaban J connectivity index is 1.86. The lowest BCUT2D eigenvalue weighted by Gasteiger charge is -2.27. The van der Waals surface area contributed by atoms with Crippen molar-refractivity contribution in [2.75, 3.05) is 52.8 Å². The third-order valence-corrected chi connectivity index (χ3v) is 4.08. The Morgan fingerprint density at radius 2 is 1.83 bits per heavy atom. The second-order valence-electron chi connectivity index (χ2n) is 6.04. The highest BCUT2D eigenvalue weighted by atomic mass is 16.5. The highest BCUT2D eigenvalue weighted by Crippen LogP contribution is 2.25. The number of carbonyl (C=O) groups excluding carboxylic acids is 1. The zero-order valence-electron chi connectivity index (χ0n) is 14.2. The average Bonchev–Trinajstić information content (AvgIpc) is 2.54. The number of piperidine rings is 1. The van der Waals surface area contributed by atoms with Gasteiger partial charge in [0.15, 0.2) is 0 Å². The Hall–Kier alpha value is -1.79. The van der Waals surface area contributed by atoms with Crippen LogP contribution >= 0.6 is 0 Å². The molecule has 0 atom stereocenters. The van der Waals surface area contributed by atoms with Crippen LogP contribution in [0, 0.1) is 5.92 Å². The molecule has 1 heterocycles. The van der Waals surface area contributed by atoms with E-state index in [0.29, 0.717) is 29.6 Å². The minimum atomic E-state index is -0.0308. The number of hydrogen-bond acceptors (Lipinski definition) is 5. The fourth-order valence-electron chi connectivity index (χ4n) is 2.89. The molecule has 2 rings (SSSR count). The predicted molar refractivity (Wildman–Crippen MR) is 91.3 cm³/mol. The molecule has 0 bridgehead atoms. The van der Waals surface area contributed by atoms with Gasteiger partial charge in [0.2, 0.25) is 5.91 Å². The second kappa shape index (κ2) is 8.74. The molecule has 0 radical (unpaired) electrons. The van der Waals surface area contributed by atoms with E-state index in [0.717, 1.165) is 19.6 Å². The van der Waals surface area contributed by atoms with Gasteiger partial charge in [0.25, 0.3) is 0 Å². The van der Waals surface area contributed by atoms with Gasteiger partial charge in [-0.3, -0.25) is 9.69 Å². The Bertz CT molecular complexity index is 494. The minimum Gasteiger partial charge on any atom is -0.497 e. The van der Waals surface area contributed by atoms with Gasteiger partial charge in [-0.2, -0.15) is 0 Å². The number of hydrogen-bond donors (Lipinski definition) is 2. The molecule has 23 heavy (non-hydrogen) atoms. The molecule has 1 fully saturated rings. The van der Waals surface area contributed by atoms with Gasteiger partial charge in [0.05, 0.1) is 20.8 Å². The monoisotopic (exact) mass is 321 g/mol. The molecule has 0 spiro atoms. The van der Waals surface area contributed by atoms with Crippen molar-refractivity contribution in [3.8, 4) is 11.5 Å². The van der Waals surface area contributed by atoms with Gasteiger partial charge >= 0.3 is 0 Å². The van der Waals surface area contributed by atoms with E-state index in [1.54, 1.807) is 32.4 Å². The number of carbonyl (C=O) groups is 1. The van der Waals surface area contributed by atoms with Crippen LogP contribution < -0.4 is 20.1 Å². The summed E-state index contributed by atoms with van der Waals surface area (Å²) in [5, 5.41) is 6.27. The lowest BCUT2D eigenvalue weighted by atomic mass is 9.98. The first-order chi connectivity index (χ1) is 11.1. The van der Waals surface area contributed by atoms with Crippen LogP contribution in [0.1, 0.15) is 12.8 Å². The van der Waals surface area contributed by atoms with Crippen LogP contribution in [0.15, 0.2) is 18.2 Å². The molecule has 2 N–H and O–H groups in total. The van der Waals surface area contributed by atoms with Gasteiger partial charge in [-0.05, 0) is 38.9 Å². The topological polar surface area (TPSA) is 62.8 Å². The van der Waals surface area contributed by atoms with Gasteiger partial charge in [-0.25, -0.2) is 0 Å². The van der Waals surface area contributed by atoms with Gasteiger partial charge < -0.3 is 20.1 Å². The molecule has 6 heteroatoms. The summed E-state index contributed by atoms with van der Waals surface area (Å²) in [7, 11) is 5.17. The fraction of sp³-hybridized carbons (Fsp3) is 0.588. The Kier molecular flexibility index (Phi) is 6.67. The number of methoxy groups -OCH3 is 2. The zero-order chi connectivity index (χ0) is 16.7. The lowest BCUT2D eigenvalue weighted by molar-refractivity contribution is -0.117. The molecule has 1 aromatic carbocycles. The molecule has 6 nitrogen and oxygen atoms in total. The SMILES string of the molecule is COc1cc(NC(=O)CN(C)CC2CCNCC2)cc(OC)c1. The van der Waals surface area contributed by atoms with E-state index >= 15 is 0 Å². The molecule has 0 aliphatic carbocycles. The highest BCUT2D eigenvalue weighted by Gasteiger charge is 2.16. The van der Waals surface area contributed by atoms with Crippen LogP contribution in [0.3, 0.4) is 0 Å². The van der Waals surface area contributed by atoms with E-state index in [-0.39, 0.29) is 5.91 Å². The number of likely N-dealkylation sites (N-methyl/N-ethyl adjacent to an activating group) is 1. The van der Waals surface area contributed by atoms with Crippen LogP contribution in [0.25, 0.3) is 0 Å². The maximum Gasteiger partial charge on any atom is 0.238 e. The maximum atomic E-state index is 12.2. The van der Waals surface area contributed by atoms with E-state index < -0.39 is 0 Å². The lowest BCUT2D eigenvalue weighted by Crippen LogP contribution is -2.37. The van der Waals surface area contributed by atoms with Crippen LogP contribution in [-0.4, -0.2) is 58.3 Å². The second-order valence-corrected chi connectivity index (χ2v) is 6.04. The molecular formula is C17H27N3O3. The summed E-state index contributed by atoms with van der Waals surface area (Å²) in [6.45, 7) is 3.49. The Labute approximate surface area is 138 Å². The molecule has 0 unspecified atom stereocenters. The number of anilines is 1. The van der Waals surface area contributed by atoms with Crippen molar-refractivity contribution in [3.05, 3.63) is 18.2 Å². The summed E-state index contributed by atoms with van der Waals surface area (Å²) in [6.07, 6.45) is 2.36. The third-order valence-electron chi connectivity index (χ3n) is 4.08. The standard InChI is InChI=1S/C17H27N3O3/c1-20(11-13-4-6-18-7-5-13)12-17(21)19-14-8-15(22-2)10-16(9-14)23-3/h8-10,13,18H,4-7,11-12H2,1-3H3,(H,19,21). The van der Waals surface area contributed by atoms with Gasteiger partial charge in [-0.15, -0.1) is 0 Å². The van der Waals surface area contributed by atoms with Crippen LogP contribution in [0.4, 0.5) is 5.69 Å². The van der Waals surface area contributed by atoms with Crippen molar-refractivity contribution < 1.29 is 14.3 Å². The molecule has 128 valence electrons. The molecule has 0 saturated carbocycles. The fourth-order valence-corrected chi connectivity index (χ4v) is 2.89. The van der Waals surface area contributed by atoms with Crippen LogP contribution in [-0.2, 0) is 4.79 Å². The van der Waals surface area contributed by atoms with Crippen LogP contribution in [0.5, 0.6) is 11.5 Å². The zero-order valence-corrected chi connectivity index (χ0v) is 14.2. The third kappa shape index (κ3) is 5.73. The van der Waals surface area contributed by atoms with E-state index in [9.17, 15) is 4.79 Å². The van der Waals surface area contributed by atoms with Crippen molar-refractivity contribution in [3.63, 3.8) is 0 Å². The summed E-state index contributed by atoms with van der Waals surface area (Å²) in [6, 6.07) is 5.35. The van der Waals surface area contributed by atoms with Crippen molar-refractivity contribution in [1.29, 1.82) is 0 Å². The first-order valence-electron chi connectivity index (χ1n) is 8.03. The molecule has 1 aliphatic rings. The van der Waals surface area contributed by atoms with E-state index in [1.807, 2.05) is 7.05 Å². The largest absolute Gasteiger partial charge is 0.497 e. The van der Waals surface area contributed by atoms with Crippen LogP contribution in [0.2, 0.25) is 0 Å². The van der Waals surface area contributed by atoms with Crippen molar-refractivity contribution in [2.45, 2.75) is 12.8 Å². The molecule has 1 aromatic rings. The van der Waals surface area contributed by atoms with Crippen molar-refractivity contribution >= 4 is 11.6 Å². The van der Waals surface area contributed by atoms with E-state index in [2.05, 4.69) is 15.5 Å². The van der Waals surface area contributed by atoms with Crippen molar-refractivity contribution in [2.24, 2.45) is 5.92 Å².